The Balaban J connectivity index is 2.72. The fourth-order valence-electron chi connectivity index (χ4n) is 17.4. The second-order valence-electron chi connectivity index (χ2n) is 44.4. The molecule has 99 heavy (non-hydrogen) atoms. The van der Waals surface area contributed by atoms with E-state index >= 15 is 0 Å². The van der Waals surface area contributed by atoms with Crippen LogP contribution in [0, 0.1) is 43.3 Å². The average Bonchev–Trinajstić information content (AvgIpc) is 0.745. The zero-order valence-corrected chi connectivity index (χ0v) is 73.7. The molecule has 0 unspecified atom stereocenters. The van der Waals surface area contributed by atoms with Gasteiger partial charge in [-0.05, 0) is 254 Å². The molecule has 0 bridgehead atoms. The molecule has 0 aliphatic heterocycles. The van der Waals surface area contributed by atoms with Gasteiger partial charge in [0.1, 0.15) is 90.8 Å². The van der Waals surface area contributed by atoms with Crippen LogP contribution in [0.15, 0.2) is 72.8 Å². The van der Waals surface area contributed by atoms with Crippen molar-refractivity contribution in [3.05, 3.63) is 72.8 Å². The lowest BCUT2D eigenvalue weighted by molar-refractivity contribution is 0.0557. The summed E-state index contributed by atoms with van der Waals surface area (Å²) in [7, 11) is -7.34. The highest BCUT2D eigenvalue weighted by Crippen LogP contribution is 2.43. The molecule has 0 saturated heterocycles. The summed E-state index contributed by atoms with van der Waals surface area (Å²) < 4.78 is 71.9. The Bertz CT molecular complexity index is 2640. The van der Waals surface area contributed by atoms with Crippen molar-refractivity contribution >= 4 is 38.8 Å². The molecular formula is C88H150O9Si2. The maximum Gasteiger partial charge on any atom is 0.244 e. The monoisotopic (exact) mass is 1410 g/mol. The standard InChI is InChI=1S/C88H150O9Si2/c1-73(2,3)53-81(25,26)89-61-45-41-46-62(90-82(27,28)54-74(4,5)6)69(61)98(70-63(91-83(29,30)55-75(7,8)9)47-42-48-64(70)92-84(31,32)56-76(10,11)12)97-99(71-65(93-85(33,34)57-77(13,14)15)49-43-50-66(71)94-86(35,36)58-78(16,17)18)72-67(95-87(37,38)59-79(19,20)21)51-44-52-68(72)96-88(39,40)60-80(22,23)24/h41-52,98-99H,53-60H2,1-40H3. The molecule has 0 atom stereocenters. The molecule has 0 aromatic heterocycles. The van der Waals surface area contributed by atoms with Crippen LogP contribution < -0.4 is 58.6 Å². The predicted octanol–water partition coefficient (Wildman–Crippen LogP) is 22.8. The van der Waals surface area contributed by atoms with Crippen molar-refractivity contribution in [1.82, 2.24) is 0 Å². The zero-order valence-electron chi connectivity index (χ0n) is 71.4. The van der Waals surface area contributed by atoms with Crippen molar-refractivity contribution in [2.75, 3.05) is 0 Å². The van der Waals surface area contributed by atoms with Crippen LogP contribution in [-0.4, -0.2) is 62.9 Å². The highest BCUT2D eigenvalue weighted by molar-refractivity contribution is 6.94. The molecule has 564 valence electrons. The Morgan fingerprint density at radius 2 is 0.283 bits per heavy atom. The zero-order chi connectivity index (χ0) is 76.6. The van der Waals surface area contributed by atoms with Gasteiger partial charge in [0.25, 0.3) is 0 Å². The molecular weight excluding hydrogens is 1260 g/mol. The van der Waals surface area contributed by atoms with Crippen molar-refractivity contribution in [1.29, 1.82) is 0 Å². The number of rotatable bonds is 30. The lowest BCUT2D eigenvalue weighted by atomic mass is 9.83. The van der Waals surface area contributed by atoms with Crippen LogP contribution in [0.25, 0.3) is 0 Å². The van der Waals surface area contributed by atoms with Crippen LogP contribution in [0.3, 0.4) is 0 Å². The van der Waals surface area contributed by atoms with Gasteiger partial charge in [-0.15, -0.1) is 0 Å². The first-order valence-corrected chi connectivity index (χ1v) is 40.8. The van der Waals surface area contributed by atoms with E-state index in [1.54, 1.807) is 0 Å². The number of ether oxygens (including phenoxy) is 8. The highest BCUT2D eigenvalue weighted by atomic mass is 28.4. The molecule has 0 N–H and O–H groups in total. The van der Waals surface area contributed by atoms with Crippen molar-refractivity contribution in [2.45, 2.75) is 373 Å². The van der Waals surface area contributed by atoms with Gasteiger partial charge in [0, 0.05) is 0 Å². The van der Waals surface area contributed by atoms with Crippen molar-refractivity contribution in [3.8, 4) is 46.0 Å². The molecule has 9 nitrogen and oxygen atoms in total. The summed E-state index contributed by atoms with van der Waals surface area (Å²) >= 11 is 0. The molecule has 0 saturated carbocycles. The molecule has 0 aliphatic carbocycles. The molecule has 0 radical (unpaired) electrons. The molecule has 0 fully saturated rings. The molecule has 0 amide bonds. The summed E-state index contributed by atoms with van der Waals surface area (Å²) in [6, 6.07) is 25.5. The van der Waals surface area contributed by atoms with Gasteiger partial charge in [-0.3, -0.25) is 0 Å². The van der Waals surface area contributed by atoms with E-state index in [0.717, 1.165) is 72.1 Å². The fourth-order valence-corrected chi connectivity index (χ4v) is 24.6. The van der Waals surface area contributed by atoms with E-state index in [-0.39, 0.29) is 43.3 Å². The SMILES string of the molecule is CC(C)(C)CC(C)(C)Oc1cccc(OC(C)(C)CC(C)(C)C)c1[SiH](O[SiH](c1c(OC(C)(C)CC(C)(C)C)cccc1OC(C)(C)CC(C)(C)C)c1c(OC(C)(C)CC(C)(C)C)cccc1OC(C)(C)CC(C)(C)C)c1c(OC(C)(C)CC(C)(C)C)cccc1OC(C)(C)CC(C)(C)C. The van der Waals surface area contributed by atoms with E-state index in [1.807, 2.05) is 0 Å². The van der Waals surface area contributed by atoms with Crippen LogP contribution >= 0.6 is 0 Å². The summed E-state index contributed by atoms with van der Waals surface area (Å²) in [6.45, 7) is 90.4. The van der Waals surface area contributed by atoms with Crippen molar-refractivity contribution in [3.63, 3.8) is 0 Å². The van der Waals surface area contributed by atoms with E-state index in [9.17, 15) is 4.12 Å². The maximum atomic E-state index is 9.28. The second-order valence-corrected chi connectivity index (χ2v) is 49.3. The minimum atomic E-state index is -3.67. The van der Waals surface area contributed by atoms with Gasteiger partial charge >= 0.3 is 0 Å². The molecule has 4 rings (SSSR count). The van der Waals surface area contributed by atoms with E-state index in [1.165, 1.54) is 0 Å². The number of benzene rings is 4. The van der Waals surface area contributed by atoms with Crippen molar-refractivity contribution in [2.24, 2.45) is 43.3 Å². The summed E-state index contributed by atoms with van der Waals surface area (Å²) in [6.07, 6.45) is 6.01. The van der Waals surface area contributed by atoms with E-state index < -0.39 is 62.9 Å². The van der Waals surface area contributed by atoms with E-state index in [0.29, 0.717) is 46.0 Å². The van der Waals surface area contributed by atoms with Gasteiger partial charge in [-0.25, -0.2) is 0 Å². The second kappa shape index (κ2) is 30.4. The third kappa shape index (κ3) is 30.9. The van der Waals surface area contributed by atoms with E-state index in [4.69, 9.17) is 37.9 Å². The average molecular weight is 1410 g/mol. The highest BCUT2D eigenvalue weighted by Gasteiger charge is 2.47. The minimum absolute atomic E-state index is 0.0974. The molecule has 0 heterocycles. The number of hydrogen-bond acceptors (Lipinski definition) is 9. The molecule has 0 aliphatic rings. The topological polar surface area (TPSA) is 83.1 Å². The van der Waals surface area contributed by atoms with Gasteiger partial charge in [0.15, 0.2) is 0 Å². The van der Waals surface area contributed by atoms with Gasteiger partial charge in [0.05, 0.1) is 20.7 Å². The van der Waals surface area contributed by atoms with E-state index in [2.05, 4.69) is 350 Å². The number of hydrogen-bond donors (Lipinski definition) is 0. The Kier molecular flexibility index (Phi) is 26.7. The van der Waals surface area contributed by atoms with Gasteiger partial charge < -0.3 is 42.0 Å². The summed E-state index contributed by atoms with van der Waals surface area (Å²) in [4.78, 5) is 0. The smallest absolute Gasteiger partial charge is 0.244 e. The van der Waals surface area contributed by atoms with Crippen LogP contribution in [-0.2, 0) is 4.12 Å². The summed E-state index contributed by atoms with van der Waals surface area (Å²) in [5.41, 5.74) is -6.24. The Morgan fingerprint density at radius 3 is 0.374 bits per heavy atom. The fraction of sp³-hybridized carbons (Fsp3) is 0.727. The predicted molar refractivity (Wildman–Crippen MR) is 430 cm³/mol. The molecule has 11 heteroatoms. The van der Waals surface area contributed by atoms with Crippen LogP contribution in [0.2, 0.25) is 0 Å². The summed E-state index contributed by atoms with van der Waals surface area (Å²) in [5.74, 6) is 5.43. The lowest BCUT2D eigenvalue weighted by Crippen LogP contribution is -2.59. The maximum absolute atomic E-state index is 9.28. The third-order valence-electron chi connectivity index (χ3n) is 16.2. The van der Waals surface area contributed by atoms with Crippen LogP contribution in [0.5, 0.6) is 46.0 Å². The Labute approximate surface area is 612 Å². The first-order chi connectivity index (χ1) is 43.8. The van der Waals surface area contributed by atoms with Gasteiger partial charge in [0.2, 0.25) is 18.1 Å². The van der Waals surface area contributed by atoms with Gasteiger partial charge in [-0.1, -0.05) is 190 Å². The quantitative estimate of drug-likeness (QED) is 0.0474. The molecule has 4 aromatic carbocycles. The van der Waals surface area contributed by atoms with Gasteiger partial charge in [-0.2, -0.15) is 0 Å². The largest absolute Gasteiger partial charge is 0.488 e. The third-order valence-corrected chi connectivity index (χ3v) is 22.7. The van der Waals surface area contributed by atoms with Crippen molar-refractivity contribution < 1.29 is 42.0 Å². The first-order valence-electron chi connectivity index (χ1n) is 37.5. The Morgan fingerprint density at radius 1 is 0.182 bits per heavy atom. The first kappa shape index (κ1) is 87.1. The molecule has 0 spiro atoms. The normalized spacial score (nSPS) is 14.4. The van der Waals surface area contributed by atoms with Crippen LogP contribution in [0.4, 0.5) is 0 Å². The lowest BCUT2D eigenvalue weighted by Gasteiger charge is -2.40. The Hall–Kier alpha value is -4.33. The van der Waals surface area contributed by atoms with Crippen LogP contribution in [0.1, 0.15) is 328 Å². The minimum Gasteiger partial charge on any atom is -0.488 e. The molecule has 4 aromatic rings. The summed E-state index contributed by atoms with van der Waals surface area (Å²) in [5, 5.41) is 3.36.